The fraction of sp³-hybridized carbons (Fsp3) is 0.250. The van der Waals surface area contributed by atoms with E-state index in [1.165, 1.54) is 6.92 Å². The summed E-state index contributed by atoms with van der Waals surface area (Å²) in [5.41, 5.74) is 1.69. The number of carbonyl (C=O) groups is 2. The molecule has 0 aliphatic rings. The third-order valence-electron chi connectivity index (χ3n) is 3.46. The maximum atomic E-state index is 12.4. The molecular weight excluding hydrogens is 378 g/mol. The van der Waals surface area contributed by atoms with Crippen LogP contribution in [0.1, 0.15) is 24.2 Å². The van der Waals surface area contributed by atoms with Gasteiger partial charge in [-0.1, -0.05) is 12.1 Å². The summed E-state index contributed by atoms with van der Waals surface area (Å²) >= 11 is 5.20. The van der Waals surface area contributed by atoms with E-state index >= 15 is 0 Å². The molecule has 2 rings (SSSR count). The molecule has 2 aromatic rings. The predicted molar refractivity (Wildman–Crippen MR) is 113 cm³/mol. The second-order valence-corrected chi connectivity index (χ2v) is 6.15. The highest BCUT2D eigenvalue weighted by molar-refractivity contribution is 7.80. The van der Waals surface area contributed by atoms with Crippen molar-refractivity contribution in [2.45, 2.75) is 13.8 Å². The number of nitrogens with one attached hydrogen (secondary N) is 3. The van der Waals surface area contributed by atoms with Crippen molar-refractivity contribution in [2.24, 2.45) is 0 Å². The van der Waals surface area contributed by atoms with E-state index in [-0.39, 0.29) is 16.9 Å². The number of hydrogen-bond acceptors (Lipinski definition) is 5. The van der Waals surface area contributed by atoms with Crippen molar-refractivity contribution < 1.29 is 19.1 Å². The van der Waals surface area contributed by atoms with Gasteiger partial charge in [0, 0.05) is 30.5 Å². The lowest BCUT2D eigenvalue weighted by atomic mass is 10.2. The highest BCUT2D eigenvalue weighted by atomic mass is 32.1. The highest BCUT2D eigenvalue weighted by Crippen LogP contribution is 2.16. The Kier molecular flexibility index (Phi) is 8.38. The maximum Gasteiger partial charge on any atom is 0.257 e. The van der Waals surface area contributed by atoms with Gasteiger partial charge in [-0.05, 0) is 55.5 Å². The van der Waals surface area contributed by atoms with Gasteiger partial charge in [-0.25, -0.2) is 0 Å². The Hall–Kier alpha value is -2.97. The van der Waals surface area contributed by atoms with Crippen molar-refractivity contribution in [3.05, 3.63) is 54.1 Å². The molecule has 2 amide bonds. The minimum absolute atomic E-state index is 0.146. The van der Waals surface area contributed by atoms with E-state index < -0.39 is 0 Å². The molecule has 28 heavy (non-hydrogen) atoms. The standard InChI is InChI=1S/C20H23N3O4S/c1-3-26-10-11-27-18-9-4-6-15(12-18)19(25)23-20(28)22-17-8-5-7-16(13-17)21-14(2)24/h4-9,12-13H,3,10-11H2,1-2H3,(H,21,24)(H2,22,23,25,28). The van der Waals surface area contributed by atoms with Crippen molar-refractivity contribution in [2.75, 3.05) is 30.5 Å². The van der Waals surface area contributed by atoms with Gasteiger partial charge in [0.05, 0.1) is 6.61 Å². The number of benzene rings is 2. The third-order valence-corrected chi connectivity index (χ3v) is 3.67. The fourth-order valence-corrected chi connectivity index (χ4v) is 2.52. The molecule has 0 aliphatic heterocycles. The van der Waals surface area contributed by atoms with Gasteiger partial charge < -0.3 is 20.1 Å². The second kappa shape index (κ2) is 11.0. The van der Waals surface area contributed by atoms with Gasteiger partial charge >= 0.3 is 0 Å². The van der Waals surface area contributed by atoms with Crippen LogP contribution in [-0.4, -0.2) is 36.7 Å². The predicted octanol–water partition coefficient (Wildman–Crippen LogP) is 3.19. The summed E-state index contributed by atoms with van der Waals surface area (Å²) in [6, 6.07) is 13.8. The third kappa shape index (κ3) is 7.34. The summed E-state index contributed by atoms with van der Waals surface area (Å²) in [7, 11) is 0. The molecule has 0 saturated carbocycles. The van der Waals surface area contributed by atoms with Crippen LogP contribution in [0, 0.1) is 0 Å². The van der Waals surface area contributed by atoms with Gasteiger partial charge in [0.2, 0.25) is 5.91 Å². The summed E-state index contributed by atoms with van der Waals surface area (Å²) in [4.78, 5) is 23.6. The van der Waals surface area contributed by atoms with Crippen LogP contribution < -0.4 is 20.7 Å². The molecule has 0 bridgehead atoms. The van der Waals surface area contributed by atoms with E-state index in [2.05, 4.69) is 16.0 Å². The van der Waals surface area contributed by atoms with Crippen molar-refractivity contribution in [3.8, 4) is 5.75 Å². The number of anilines is 2. The van der Waals surface area contributed by atoms with E-state index in [0.29, 0.717) is 42.5 Å². The first-order valence-electron chi connectivity index (χ1n) is 8.78. The summed E-state index contributed by atoms with van der Waals surface area (Å²) in [5, 5.41) is 8.37. The van der Waals surface area contributed by atoms with Crippen molar-refractivity contribution in [1.29, 1.82) is 0 Å². The van der Waals surface area contributed by atoms with Crippen LogP contribution in [0.25, 0.3) is 0 Å². The topological polar surface area (TPSA) is 88.7 Å². The van der Waals surface area contributed by atoms with Gasteiger partial charge in [0.15, 0.2) is 5.11 Å². The lowest BCUT2D eigenvalue weighted by Crippen LogP contribution is -2.34. The molecule has 7 nitrogen and oxygen atoms in total. The zero-order valence-corrected chi connectivity index (χ0v) is 16.6. The van der Waals surface area contributed by atoms with Crippen LogP contribution in [0.3, 0.4) is 0 Å². The first-order valence-corrected chi connectivity index (χ1v) is 9.19. The highest BCUT2D eigenvalue weighted by Gasteiger charge is 2.09. The Labute approximate surface area is 169 Å². The van der Waals surface area contributed by atoms with E-state index in [1.807, 2.05) is 6.92 Å². The maximum absolute atomic E-state index is 12.4. The van der Waals surface area contributed by atoms with Crippen LogP contribution in [0.4, 0.5) is 11.4 Å². The monoisotopic (exact) mass is 401 g/mol. The first kappa shape index (κ1) is 21.3. The summed E-state index contributed by atoms with van der Waals surface area (Å²) in [6.45, 7) is 4.86. The van der Waals surface area contributed by atoms with Crippen LogP contribution in [0.5, 0.6) is 5.75 Å². The molecule has 0 unspecified atom stereocenters. The molecule has 148 valence electrons. The summed E-state index contributed by atoms with van der Waals surface area (Å²) in [5.74, 6) is 0.0522. The molecule has 3 N–H and O–H groups in total. The second-order valence-electron chi connectivity index (χ2n) is 5.74. The van der Waals surface area contributed by atoms with Crippen molar-refractivity contribution >= 4 is 40.5 Å². The number of hydrogen-bond donors (Lipinski definition) is 3. The fourth-order valence-electron chi connectivity index (χ4n) is 2.31. The first-order chi connectivity index (χ1) is 13.5. The Morgan fingerprint density at radius 3 is 2.43 bits per heavy atom. The number of ether oxygens (including phenoxy) is 2. The normalized spacial score (nSPS) is 10.1. The molecular formula is C20H23N3O4S. The molecule has 0 aliphatic carbocycles. The van der Waals surface area contributed by atoms with Gasteiger partial charge in [0.25, 0.3) is 5.91 Å². The molecule has 0 spiro atoms. The quantitative estimate of drug-likeness (QED) is 0.465. The Bertz CT molecular complexity index is 842. The Balaban J connectivity index is 1.91. The van der Waals surface area contributed by atoms with E-state index in [9.17, 15) is 9.59 Å². The molecule has 0 radical (unpaired) electrons. The summed E-state index contributed by atoms with van der Waals surface area (Å²) < 4.78 is 10.8. The van der Waals surface area contributed by atoms with Gasteiger partial charge in [-0.15, -0.1) is 0 Å². The molecule has 0 heterocycles. The Morgan fingerprint density at radius 2 is 1.71 bits per heavy atom. The number of amides is 2. The largest absolute Gasteiger partial charge is 0.491 e. The Morgan fingerprint density at radius 1 is 1.00 bits per heavy atom. The minimum Gasteiger partial charge on any atom is -0.491 e. The summed E-state index contributed by atoms with van der Waals surface area (Å²) in [6.07, 6.45) is 0. The number of carbonyl (C=O) groups excluding carboxylic acids is 2. The van der Waals surface area contributed by atoms with Crippen LogP contribution in [-0.2, 0) is 9.53 Å². The molecule has 0 aromatic heterocycles. The smallest absolute Gasteiger partial charge is 0.257 e. The molecule has 0 atom stereocenters. The van der Waals surface area contributed by atoms with Crippen molar-refractivity contribution in [1.82, 2.24) is 5.32 Å². The lowest BCUT2D eigenvalue weighted by Gasteiger charge is -2.12. The van der Waals surface area contributed by atoms with Gasteiger partial charge in [0.1, 0.15) is 12.4 Å². The lowest BCUT2D eigenvalue weighted by molar-refractivity contribution is -0.114. The average Bonchev–Trinajstić information content (AvgIpc) is 2.65. The molecule has 8 heteroatoms. The molecule has 0 saturated heterocycles. The van der Waals surface area contributed by atoms with Crippen LogP contribution in [0.2, 0.25) is 0 Å². The zero-order valence-electron chi connectivity index (χ0n) is 15.8. The zero-order chi connectivity index (χ0) is 20.4. The van der Waals surface area contributed by atoms with Crippen LogP contribution in [0.15, 0.2) is 48.5 Å². The van der Waals surface area contributed by atoms with Gasteiger partial charge in [-0.2, -0.15) is 0 Å². The van der Waals surface area contributed by atoms with E-state index in [4.69, 9.17) is 21.7 Å². The minimum atomic E-state index is -0.356. The molecule has 0 fully saturated rings. The van der Waals surface area contributed by atoms with Crippen molar-refractivity contribution in [3.63, 3.8) is 0 Å². The van der Waals surface area contributed by atoms with E-state index in [0.717, 1.165) is 0 Å². The van der Waals surface area contributed by atoms with Crippen LogP contribution >= 0.6 is 12.2 Å². The number of rotatable bonds is 8. The number of thiocarbonyl (C=S) groups is 1. The average molecular weight is 401 g/mol. The van der Waals surface area contributed by atoms with Gasteiger partial charge in [-0.3, -0.25) is 14.9 Å². The molecule has 2 aromatic carbocycles. The van der Waals surface area contributed by atoms with E-state index in [1.54, 1.807) is 48.5 Å². The SMILES string of the molecule is CCOCCOc1cccc(C(=O)NC(=S)Nc2cccc(NC(C)=O)c2)c1.